The van der Waals surface area contributed by atoms with Crippen molar-refractivity contribution in [2.24, 2.45) is 0 Å². The Labute approximate surface area is 116 Å². The Kier molecular flexibility index (Phi) is 3.46. The number of H-pyrrole nitrogens is 1. The number of benzene rings is 2. The minimum atomic E-state index is -0.224. The van der Waals surface area contributed by atoms with Gasteiger partial charge in [0.05, 0.1) is 11.9 Å². The minimum Gasteiger partial charge on any atom is -0.352 e. The average molecular weight is 267 g/mol. The predicted octanol–water partition coefficient (Wildman–Crippen LogP) is 3.83. The Bertz CT molecular complexity index is 674. The van der Waals surface area contributed by atoms with Gasteiger partial charge in [-0.1, -0.05) is 42.5 Å². The molecule has 0 saturated carbocycles. The topological polar surface area (TPSA) is 40.7 Å². The number of hydrogen-bond acceptors (Lipinski definition) is 2. The average Bonchev–Trinajstić information content (AvgIpc) is 2.97. The normalized spacial score (nSPS) is 10.4. The number of nitrogens with one attached hydrogen (secondary N) is 2. The van der Waals surface area contributed by atoms with Crippen molar-refractivity contribution in [1.29, 1.82) is 0 Å². The maximum Gasteiger partial charge on any atom is 0.200 e. The number of nitrogens with zero attached hydrogens (tertiary/aromatic N) is 1. The van der Waals surface area contributed by atoms with E-state index in [1.807, 2.05) is 30.3 Å². The summed E-state index contributed by atoms with van der Waals surface area (Å²) in [6.45, 7) is 0.599. The highest BCUT2D eigenvalue weighted by atomic mass is 19.1. The van der Waals surface area contributed by atoms with Gasteiger partial charge in [0.1, 0.15) is 5.82 Å². The second kappa shape index (κ2) is 5.57. The third kappa shape index (κ3) is 2.85. The molecule has 2 aromatic carbocycles. The van der Waals surface area contributed by atoms with Crippen LogP contribution in [-0.4, -0.2) is 9.97 Å². The van der Waals surface area contributed by atoms with Gasteiger partial charge in [0.2, 0.25) is 5.95 Å². The first-order valence-corrected chi connectivity index (χ1v) is 6.40. The van der Waals surface area contributed by atoms with Crippen molar-refractivity contribution in [2.75, 3.05) is 5.32 Å². The third-order valence-corrected chi connectivity index (χ3v) is 3.03. The molecule has 0 fully saturated rings. The maximum absolute atomic E-state index is 12.8. The first kappa shape index (κ1) is 12.4. The van der Waals surface area contributed by atoms with Gasteiger partial charge >= 0.3 is 0 Å². The Morgan fingerprint density at radius 3 is 2.50 bits per heavy atom. The summed E-state index contributed by atoms with van der Waals surface area (Å²) in [7, 11) is 0. The lowest BCUT2D eigenvalue weighted by Gasteiger charge is -2.03. The number of halogens is 1. The molecule has 0 aliphatic heterocycles. The number of anilines is 1. The van der Waals surface area contributed by atoms with Gasteiger partial charge in [-0.15, -0.1) is 0 Å². The molecule has 20 heavy (non-hydrogen) atoms. The van der Waals surface area contributed by atoms with E-state index < -0.39 is 0 Å². The quantitative estimate of drug-likeness (QED) is 0.754. The monoisotopic (exact) mass is 267 g/mol. The molecule has 0 unspecified atom stereocenters. The van der Waals surface area contributed by atoms with Crippen LogP contribution in [0.2, 0.25) is 0 Å². The van der Waals surface area contributed by atoms with Gasteiger partial charge < -0.3 is 10.3 Å². The van der Waals surface area contributed by atoms with Crippen LogP contribution in [0.3, 0.4) is 0 Å². The number of imidazole rings is 1. The Morgan fingerprint density at radius 2 is 1.75 bits per heavy atom. The second-order valence-corrected chi connectivity index (χ2v) is 4.49. The summed E-state index contributed by atoms with van der Waals surface area (Å²) < 4.78 is 12.8. The van der Waals surface area contributed by atoms with Crippen LogP contribution in [0.25, 0.3) is 11.3 Å². The Balaban J connectivity index is 1.67. The standard InChI is InChI=1S/C16H14FN3/c17-14-8-6-12(7-9-14)10-18-16-19-11-15(20-16)13-4-2-1-3-5-13/h1-9,11H,10H2,(H2,18,19,20). The van der Waals surface area contributed by atoms with E-state index in [0.717, 1.165) is 16.8 Å². The molecule has 0 spiro atoms. The lowest BCUT2D eigenvalue weighted by molar-refractivity contribution is 0.627. The second-order valence-electron chi connectivity index (χ2n) is 4.49. The van der Waals surface area contributed by atoms with Gasteiger partial charge in [-0.05, 0) is 23.3 Å². The van der Waals surface area contributed by atoms with Crippen molar-refractivity contribution < 1.29 is 4.39 Å². The minimum absolute atomic E-state index is 0.224. The largest absolute Gasteiger partial charge is 0.352 e. The molecule has 2 N–H and O–H groups in total. The van der Waals surface area contributed by atoms with E-state index in [4.69, 9.17) is 0 Å². The molecule has 3 aromatic rings. The molecule has 0 amide bonds. The molecule has 3 nitrogen and oxygen atoms in total. The summed E-state index contributed by atoms with van der Waals surface area (Å²) in [5, 5.41) is 3.18. The highest BCUT2D eigenvalue weighted by Crippen LogP contribution is 2.18. The van der Waals surface area contributed by atoms with Crippen LogP contribution < -0.4 is 5.32 Å². The van der Waals surface area contributed by atoms with Crippen molar-refractivity contribution in [1.82, 2.24) is 9.97 Å². The summed E-state index contributed by atoms with van der Waals surface area (Å²) in [5.41, 5.74) is 3.06. The molecule has 0 aliphatic rings. The zero-order valence-corrected chi connectivity index (χ0v) is 10.8. The van der Waals surface area contributed by atoms with Gasteiger partial charge in [0.15, 0.2) is 0 Å². The number of aromatic amines is 1. The van der Waals surface area contributed by atoms with E-state index in [1.54, 1.807) is 18.3 Å². The highest BCUT2D eigenvalue weighted by Gasteiger charge is 2.02. The highest BCUT2D eigenvalue weighted by molar-refractivity contribution is 5.60. The lowest BCUT2D eigenvalue weighted by atomic mass is 10.2. The Morgan fingerprint density at radius 1 is 1.00 bits per heavy atom. The van der Waals surface area contributed by atoms with Crippen LogP contribution in [0, 0.1) is 5.82 Å². The number of hydrogen-bond donors (Lipinski definition) is 2. The summed E-state index contributed by atoms with van der Waals surface area (Å²) >= 11 is 0. The van der Waals surface area contributed by atoms with E-state index in [-0.39, 0.29) is 5.82 Å². The molecule has 4 heteroatoms. The van der Waals surface area contributed by atoms with Crippen molar-refractivity contribution in [3.8, 4) is 11.3 Å². The van der Waals surface area contributed by atoms with E-state index >= 15 is 0 Å². The molecule has 0 radical (unpaired) electrons. The molecule has 0 aliphatic carbocycles. The fourth-order valence-corrected chi connectivity index (χ4v) is 1.96. The van der Waals surface area contributed by atoms with E-state index in [1.165, 1.54) is 12.1 Å². The predicted molar refractivity (Wildman–Crippen MR) is 77.8 cm³/mol. The molecular weight excluding hydrogens is 253 g/mol. The lowest BCUT2D eigenvalue weighted by Crippen LogP contribution is -2.00. The van der Waals surface area contributed by atoms with E-state index in [0.29, 0.717) is 12.5 Å². The fourth-order valence-electron chi connectivity index (χ4n) is 1.96. The molecule has 0 bridgehead atoms. The molecule has 100 valence electrons. The van der Waals surface area contributed by atoms with Crippen LogP contribution in [0.4, 0.5) is 10.3 Å². The van der Waals surface area contributed by atoms with Crippen molar-refractivity contribution in [3.05, 3.63) is 72.2 Å². The zero-order chi connectivity index (χ0) is 13.8. The van der Waals surface area contributed by atoms with Gasteiger partial charge in [0.25, 0.3) is 0 Å². The first-order chi connectivity index (χ1) is 9.81. The summed E-state index contributed by atoms with van der Waals surface area (Å²) in [6, 6.07) is 16.4. The summed E-state index contributed by atoms with van der Waals surface area (Å²) in [4.78, 5) is 7.50. The molecule has 1 heterocycles. The van der Waals surface area contributed by atoms with Gasteiger partial charge in [-0.2, -0.15) is 0 Å². The number of rotatable bonds is 4. The van der Waals surface area contributed by atoms with Crippen molar-refractivity contribution in [3.63, 3.8) is 0 Å². The van der Waals surface area contributed by atoms with Crippen LogP contribution >= 0.6 is 0 Å². The van der Waals surface area contributed by atoms with Crippen molar-refractivity contribution in [2.45, 2.75) is 6.54 Å². The molecule has 3 rings (SSSR count). The molecule has 0 atom stereocenters. The maximum atomic E-state index is 12.8. The Hall–Kier alpha value is -2.62. The summed E-state index contributed by atoms with van der Waals surface area (Å²) in [6.07, 6.45) is 1.79. The van der Waals surface area contributed by atoms with Gasteiger partial charge in [0, 0.05) is 6.54 Å². The summed E-state index contributed by atoms with van der Waals surface area (Å²) in [5.74, 6) is 0.478. The van der Waals surface area contributed by atoms with Crippen molar-refractivity contribution >= 4 is 5.95 Å². The van der Waals surface area contributed by atoms with Crippen LogP contribution in [0.1, 0.15) is 5.56 Å². The van der Waals surface area contributed by atoms with E-state index in [2.05, 4.69) is 15.3 Å². The van der Waals surface area contributed by atoms with Crippen LogP contribution in [0.5, 0.6) is 0 Å². The van der Waals surface area contributed by atoms with E-state index in [9.17, 15) is 4.39 Å². The smallest absolute Gasteiger partial charge is 0.200 e. The molecular formula is C16H14FN3. The fraction of sp³-hybridized carbons (Fsp3) is 0.0625. The van der Waals surface area contributed by atoms with Gasteiger partial charge in [-0.25, -0.2) is 9.37 Å². The number of aromatic nitrogens is 2. The van der Waals surface area contributed by atoms with Gasteiger partial charge in [-0.3, -0.25) is 0 Å². The first-order valence-electron chi connectivity index (χ1n) is 6.40. The van der Waals surface area contributed by atoms with Crippen LogP contribution in [-0.2, 0) is 6.54 Å². The third-order valence-electron chi connectivity index (χ3n) is 3.03. The molecule has 1 aromatic heterocycles. The molecule has 0 saturated heterocycles. The zero-order valence-electron chi connectivity index (χ0n) is 10.8. The SMILES string of the molecule is Fc1ccc(CNc2ncc(-c3ccccc3)[nH]2)cc1. The van der Waals surface area contributed by atoms with Crippen LogP contribution in [0.15, 0.2) is 60.8 Å².